The summed E-state index contributed by atoms with van der Waals surface area (Å²) in [4.78, 5) is 16.4. The third-order valence-electron chi connectivity index (χ3n) is 4.71. The third kappa shape index (κ3) is 4.81. The SMILES string of the molecule is CCOC(=O)c1cnc(N)c2c(COc3cccc(OCc4ccc(F)cc4)c3)csc12. The second kappa shape index (κ2) is 9.65. The Bertz CT molecular complexity index is 1240. The van der Waals surface area contributed by atoms with Crippen molar-refractivity contribution in [2.45, 2.75) is 20.1 Å². The minimum Gasteiger partial charge on any atom is -0.489 e. The molecule has 2 N–H and O–H groups in total. The van der Waals surface area contributed by atoms with E-state index in [1.54, 1.807) is 25.1 Å². The summed E-state index contributed by atoms with van der Waals surface area (Å²) in [5.41, 5.74) is 8.17. The van der Waals surface area contributed by atoms with Gasteiger partial charge in [-0.2, -0.15) is 0 Å². The molecule has 0 atom stereocenters. The number of esters is 1. The van der Waals surface area contributed by atoms with Gasteiger partial charge in [-0.05, 0) is 42.1 Å². The smallest absolute Gasteiger partial charge is 0.341 e. The summed E-state index contributed by atoms with van der Waals surface area (Å²) >= 11 is 1.40. The maximum absolute atomic E-state index is 13.0. The number of ether oxygens (including phenoxy) is 3. The summed E-state index contributed by atoms with van der Waals surface area (Å²) in [7, 11) is 0. The van der Waals surface area contributed by atoms with Gasteiger partial charge in [-0.15, -0.1) is 11.3 Å². The zero-order chi connectivity index (χ0) is 22.5. The van der Waals surface area contributed by atoms with E-state index in [-0.39, 0.29) is 19.0 Å². The molecule has 0 fully saturated rings. The zero-order valence-corrected chi connectivity index (χ0v) is 18.2. The van der Waals surface area contributed by atoms with Gasteiger partial charge >= 0.3 is 5.97 Å². The molecular weight excluding hydrogens is 431 g/mol. The maximum atomic E-state index is 13.0. The van der Waals surface area contributed by atoms with Crippen molar-refractivity contribution in [2.75, 3.05) is 12.3 Å². The van der Waals surface area contributed by atoms with E-state index in [1.807, 2.05) is 23.6 Å². The van der Waals surface area contributed by atoms with Gasteiger partial charge < -0.3 is 19.9 Å². The Morgan fingerprint density at radius 1 is 1.09 bits per heavy atom. The molecule has 164 valence electrons. The Hall–Kier alpha value is -3.65. The van der Waals surface area contributed by atoms with Crippen LogP contribution in [0, 0.1) is 5.82 Å². The minimum absolute atomic E-state index is 0.250. The third-order valence-corrected chi connectivity index (χ3v) is 5.78. The largest absolute Gasteiger partial charge is 0.489 e. The fourth-order valence-corrected chi connectivity index (χ4v) is 4.22. The van der Waals surface area contributed by atoms with Crippen LogP contribution in [-0.4, -0.2) is 17.6 Å². The summed E-state index contributed by atoms with van der Waals surface area (Å²) in [5, 5.41) is 2.60. The molecule has 32 heavy (non-hydrogen) atoms. The highest BCUT2D eigenvalue weighted by atomic mass is 32.1. The van der Waals surface area contributed by atoms with E-state index in [2.05, 4.69) is 4.98 Å². The molecule has 0 spiro atoms. The first-order chi connectivity index (χ1) is 15.5. The highest BCUT2D eigenvalue weighted by Crippen LogP contribution is 2.33. The molecule has 0 unspecified atom stereocenters. The Morgan fingerprint density at radius 3 is 2.53 bits per heavy atom. The highest BCUT2D eigenvalue weighted by Gasteiger charge is 2.18. The van der Waals surface area contributed by atoms with E-state index < -0.39 is 5.97 Å². The van der Waals surface area contributed by atoms with Gasteiger partial charge in [0.15, 0.2) is 0 Å². The van der Waals surface area contributed by atoms with Gasteiger partial charge in [0.25, 0.3) is 0 Å². The first kappa shape index (κ1) is 21.6. The Labute approximate surface area is 188 Å². The molecule has 0 aliphatic heterocycles. The number of nitrogens with two attached hydrogens (primary N) is 1. The Morgan fingerprint density at radius 2 is 1.81 bits per heavy atom. The minimum atomic E-state index is -0.426. The number of pyridine rings is 1. The average Bonchev–Trinajstić information content (AvgIpc) is 3.23. The molecule has 0 aliphatic carbocycles. The van der Waals surface area contributed by atoms with Crippen LogP contribution in [0.1, 0.15) is 28.4 Å². The van der Waals surface area contributed by atoms with E-state index >= 15 is 0 Å². The van der Waals surface area contributed by atoms with Gasteiger partial charge in [0.2, 0.25) is 0 Å². The quantitative estimate of drug-likeness (QED) is 0.363. The molecular formula is C24H21FN2O4S. The summed E-state index contributed by atoms with van der Waals surface area (Å²) in [6.07, 6.45) is 1.44. The first-order valence-corrected chi connectivity index (χ1v) is 10.8. The first-order valence-electron chi connectivity index (χ1n) is 9.97. The summed E-state index contributed by atoms with van der Waals surface area (Å²) in [6.45, 7) is 2.61. The van der Waals surface area contributed by atoms with Crippen molar-refractivity contribution < 1.29 is 23.4 Å². The van der Waals surface area contributed by atoms with Gasteiger partial charge in [-0.25, -0.2) is 14.2 Å². The van der Waals surface area contributed by atoms with E-state index in [1.165, 1.54) is 29.7 Å². The molecule has 0 radical (unpaired) electrons. The fraction of sp³-hybridized carbons (Fsp3) is 0.167. The Balaban J connectivity index is 1.46. The maximum Gasteiger partial charge on any atom is 0.341 e. The van der Waals surface area contributed by atoms with Crippen LogP contribution in [0.25, 0.3) is 10.1 Å². The zero-order valence-electron chi connectivity index (χ0n) is 17.3. The van der Waals surface area contributed by atoms with Crippen LogP contribution in [0.2, 0.25) is 0 Å². The Kier molecular flexibility index (Phi) is 6.51. The van der Waals surface area contributed by atoms with Crippen LogP contribution in [0.15, 0.2) is 60.1 Å². The lowest BCUT2D eigenvalue weighted by atomic mass is 10.1. The second-order valence-corrected chi connectivity index (χ2v) is 7.80. The topological polar surface area (TPSA) is 83.7 Å². The lowest BCUT2D eigenvalue weighted by molar-refractivity contribution is 0.0528. The molecule has 0 aliphatic rings. The van der Waals surface area contributed by atoms with Crippen molar-refractivity contribution in [2.24, 2.45) is 0 Å². The number of fused-ring (bicyclic) bond motifs is 1. The summed E-state index contributed by atoms with van der Waals surface area (Å²) in [6, 6.07) is 13.4. The average molecular weight is 453 g/mol. The highest BCUT2D eigenvalue weighted by molar-refractivity contribution is 7.17. The van der Waals surface area contributed by atoms with Gasteiger partial charge in [0, 0.05) is 23.2 Å². The molecule has 0 saturated carbocycles. The predicted octanol–water partition coefficient (Wildman–Crippen LogP) is 5.35. The number of thiophene rings is 1. The number of nitrogens with zero attached hydrogens (tertiary/aromatic N) is 1. The van der Waals surface area contributed by atoms with E-state index in [4.69, 9.17) is 19.9 Å². The number of nitrogen functional groups attached to an aromatic ring is 1. The van der Waals surface area contributed by atoms with Crippen molar-refractivity contribution in [3.8, 4) is 11.5 Å². The van der Waals surface area contributed by atoms with Crippen molar-refractivity contribution in [1.82, 2.24) is 4.98 Å². The lowest BCUT2D eigenvalue weighted by Gasteiger charge is -2.10. The number of benzene rings is 2. The number of carbonyl (C=O) groups excluding carboxylic acids is 1. The lowest BCUT2D eigenvalue weighted by Crippen LogP contribution is -2.06. The molecule has 0 bridgehead atoms. The number of halogens is 1. The fourth-order valence-electron chi connectivity index (χ4n) is 3.15. The molecule has 2 aromatic heterocycles. The number of aromatic nitrogens is 1. The molecule has 2 aromatic carbocycles. The molecule has 2 heterocycles. The van der Waals surface area contributed by atoms with E-state index in [0.717, 1.165) is 15.8 Å². The summed E-state index contributed by atoms with van der Waals surface area (Å²) in [5.74, 6) is 0.881. The van der Waals surface area contributed by atoms with Crippen molar-refractivity contribution >= 4 is 33.2 Å². The van der Waals surface area contributed by atoms with Crippen LogP contribution in [0.3, 0.4) is 0 Å². The molecule has 4 aromatic rings. The summed E-state index contributed by atoms with van der Waals surface area (Å²) < 4.78 is 30.6. The van der Waals surface area contributed by atoms with Gasteiger partial charge in [-0.3, -0.25) is 0 Å². The number of carbonyl (C=O) groups is 1. The van der Waals surface area contributed by atoms with Gasteiger partial charge in [-0.1, -0.05) is 18.2 Å². The van der Waals surface area contributed by atoms with E-state index in [0.29, 0.717) is 34.9 Å². The number of rotatable bonds is 8. The number of hydrogen-bond donors (Lipinski definition) is 1. The predicted molar refractivity (Wildman–Crippen MR) is 121 cm³/mol. The van der Waals surface area contributed by atoms with Crippen molar-refractivity contribution in [3.05, 3.63) is 82.6 Å². The van der Waals surface area contributed by atoms with Crippen LogP contribution >= 0.6 is 11.3 Å². The van der Waals surface area contributed by atoms with Crippen LogP contribution in [0.5, 0.6) is 11.5 Å². The second-order valence-electron chi connectivity index (χ2n) is 6.92. The molecule has 4 rings (SSSR count). The normalized spacial score (nSPS) is 10.8. The monoisotopic (exact) mass is 452 g/mol. The van der Waals surface area contributed by atoms with E-state index in [9.17, 15) is 9.18 Å². The molecule has 0 saturated heterocycles. The number of anilines is 1. The van der Waals surface area contributed by atoms with Crippen molar-refractivity contribution in [3.63, 3.8) is 0 Å². The van der Waals surface area contributed by atoms with Gasteiger partial charge in [0.05, 0.1) is 16.9 Å². The standard InChI is InChI=1S/C24H21FN2O4S/c1-2-29-24(28)20-11-27-23(26)21-16(14-32-22(20)21)13-31-19-5-3-4-18(10-19)30-12-15-6-8-17(25)9-7-15/h3-11,14H,2,12-13H2,1H3,(H2,26,27). The molecule has 8 heteroatoms. The molecule has 6 nitrogen and oxygen atoms in total. The van der Waals surface area contributed by atoms with Crippen LogP contribution in [-0.2, 0) is 18.0 Å². The number of hydrogen-bond acceptors (Lipinski definition) is 7. The van der Waals surface area contributed by atoms with Crippen LogP contribution in [0.4, 0.5) is 10.2 Å². The molecule has 0 amide bonds. The van der Waals surface area contributed by atoms with Crippen LogP contribution < -0.4 is 15.2 Å². The van der Waals surface area contributed by atoms with Gasteiger partial charge in [0.1, 0.15) is 36.3 Å². The van der Waals surface area contributed by atoms with Crippen molar-refractivity contribution in [1.29, 1.82) is 0 Å².